The van der Waals surface area contributed by atoms with Crippen LogP contribution in [0.2, 0.25) is 0 Å². The maximum atomic E-state index is 12.4. The van der Waals surface area contributed by atoms with E-state index < -0.39 is 5.60 Å². The molecule has 0 bridgehead atoms. The van der Waals surface area contributed by atoms with Crippen LogP contribution in [0.25, 0.3) is 31.6 Å². The van der Waals surface area contributed by atoms with E-state index in [1.807, 2.05) is 32.9 Å². The van der Waals surface area contributed by atoms with Crippen LogP contribution in [0.4, 0.5) is 10.6 Å². The van der Waals surface area contributed by atoms with Crippen LogP contribution in [0.3, 0.4) is 0 Å². The van der Waals surface area contributed by atoms with Crippen molar-refractivity contribution in [3.8, 4) is 16.2 Å². The third-order valence-electron chi connectivity index (χ3n) is 5.54. The van der Waals surface area contributed by atoms with Gasteiger partial charge in [-0.1, -0.05) is 0 Å². The molecule has 0 unspecified atom stereocenters. The van der Waals surface area contributed by atoms with E-state index in [1.165, 1.54) is 6.33 Å². The molecule has 2 N–H and O–H groups in total. The smallest absolute Gasteiger partial charge is 0.410 e. The first-order valence-electron chi connectivity index (χ1n) is 10.4. The summed E-state index contributed by atoms with van der Waals surface area (Å²) in [7, 11) is 1.67. The van der Waals surface area contributed by atoms with Crippen molar-refractivity contribution in [3.05, 3.63) is 36.8 Å². The van der Waals surface area contributed by atoms with E-state index in [1.54, 1.807) is 23.3 Å². The number of methoxy groups -OCH3 is 1. The molecule has 4 heterocycles. The summed E-state index contributed by atoms with van der Waals surface area (Å²) in [4.78, 5) is 23.9. The highest BCUT2D eigenvalue weighted by atomic mass is 32.1. The number of amides is 1. The van der Waals surface area contributed by atoms with Crippen molar-refractivity contribution < 1.29 is 14.3 Å². The number of hydrogen-bond acceptors (Lipinski definition) is 7. The highest BCUT2D eigenvalue weighted by Gasteiger charge is 2.36. The van der Waals surface area contributed by atoms with Crippen molar-refractivity contribution in [2.45, 2.75) is 32.4 Å². The van der Waals surface area contributed by atoms with E-state index in [4.69, 9.17) is 15.2 Å². The molecule has 3 aromatic heterocycles. The molecule has 0 radical (unpaired) electrons. The Balaban J connectivity index is 1.51. The zero-order chi connectivity index (χ0) is 22.6. The maximum absolute atomic E-state index is 12.4. The molecule has 1 aliphatic heterocycles. The highest BCUT2D eigenvalue weighted by molar-refractivity contribution is 7.22. The van der Waals surface area contributed by atoms with Crippen LogP contribution in [0, 0.1) is 0 Å². The van der Waals surface area contributed by atoms with Gasteiger partial charge < -0.3 is 24.7 Å². The normalized spacial score (nSPS) is 14.7. The fraction of sp³-hybridized carbons (Fsp3) is 0.348. The number of carbonyl (C=O) groups is 1. The Hall–Kier alpha value is -3.33. The number of carbonyl (C=O) groups excluding carboxylic acids is 1. The highest BCUT2D eigenvalue weighted by Crippen LogP contribution is 2.41. The Morgan fingerprint density at radius 3 is 2.72 bits per heavy atom. The van der Waals surface area contributed by atoms with Crippen molar-refractivity contribution in [1.29, 1.82) is 0 Å². The number of anilines is 1. The van der Waals surface area contributed by atoms with Gasteiger partial charge in [-0.25, -0.2) is 14.8 Å². The SMILES string of the molecule is COc1ccc2cc(-c3cn(C4CN(C(=O)OC(C)(C)C)C4)c4ncnc(N)c34)sc2c1. The molecule has 1 fully saturated rings. The molecule has 0 saturated carbocycles. The lowest BCUT2D eigenvalue weighted by molar-refractivity contribution is 0.00152. The molecule has 166 valence electrons. The maximum Gasteiger partial charge on any atom is 0.410 e. The molecular formula is C23H25N5O3S. The number of fused-ring (bicyclic) bond motifs is 2. The summed E-state index contributed by atoms with van der Waals surface area (Å²) >= 11 is 1.68. The number of thiophene rings is 1. The molecule has 1 amide bonds. The van der Waals surface area contributed by atoms with E-state index >= 15 is 0 Å². The largest absolute Gasteiger partial charge is 0.497 e. The number of likely N-dealkylation sites (tertiary alicyclic amines) is 1. The minimum Gasteiger partial charge on any atom is -0.497 e. The summed E-state index contributed by atoms with van der Waals surface area (Å²) in [5.74, 6) is 1.27. The Morgan fingerprint density at radius 1 is 1.22 bits per heavy atom. The molecule has 0 spiro atoms. The minimum absolute atomic E-state index is 0.0996. The molecule has 8 nitrogen and oxygen atoms in total. The van der Waals surface area contributed by atoms with Crippen molar-refractivity contribution in [3.63, 3.8) is 0 Å². The second-order valence-corrected chi connectivity index (χ2v) is 10.0. The van der Waals surface area contributed by atoms with Crippen LogP contribution in [0.15, 0.2) is 36.8 Å². The Labute approximate surface area is 189 Å². The van der Waals surface area contributed by atoms with Gasteiger partial charge in [0.15, 0.2) is 0 Å². The zero-order valence-electron chi connectivity index (χ0n) is 18.5. The first kappa shape index (κ1) is 20.6. The summed E-state index contributed by atoms with van der Waals surface area (Å²) in [5, 5.41) is 1.98. The van der Waals surface area contributed by atoms with Gasteiger partial charge in [0.2, 0.25) is 0 Å². The average molecular weight is 452 g/mol. The third kappa shape index (κ3) is 3.52. The van der Waals surface area contributed by atoms with Crippen molar-refractivity contribution in [2.75, 3.05) is 25.9 Å². The molecule has 1 aliphatic rings. The molecule has 0 aliphatic carbocycles. The van der Waals surface area contributed by atoms with Crippen LogP contribution >= 0.6 is 11.3 Å². The number of ether oxygens (including phenoxy) is 2. The van der Waals surface area contributed by atoms with Crippen molar-refractivity contribution in [1.82, 2.24) is 19.4 Å². The Morgan fingerprint density at radius 2 is 2.00 bits per heavy atom. The van der Waals surface area contributed by atoms with Gasteiger partial charge in [0, 0.05) is 34.4 Å². The van der Waals surface area contributed by atoms with E-state index in [2.05, 4.69) is 32.9 Å². The summed E-state index contributed by atoms with van der Waals surface area (Å²) in [6, 6.07) is 8.30. The molecule has 1 saturated heterocycles. The Bertz CT molecular complexity index is 1330. The number of nitrogens with zero attached hydrogens (tertiary/aromatic N) is 4. The summed E-state index contributed by atoms with van der Waals surface area (Å²) in [5.41, 5.74) is 7.54. The fourth-order valence-corrected chi connectivity index (χ4v) is 5.06. The van der Waals surface area contributed by atoms with Gasteiger partial charge in [-0.05, 0) is 50.4 Å². The fourth-order valence-electron chi connectivity index (χ4n) is 3.95. The summed E-state index contributed by atoms with van der Waals surface area (Å²) in [6.07, 6.45) is 3.27. The molecule has 4 aromatic rings. The average Bonchev–Trinajstić information content (AvgIpc) is 3.27. The first-order chi connectivity index (χ1) is 15.2. The first-order valence-corrected chi connectivity index (χ1v) is 11.2. The van der Waals surface area contributed by atoms with Gasteiger partial charge in [0.1, 0.15) is 29.1 Å². The van der Waals surface area contributed by atoms with Gasteiger partial charge in [-0.3, -0.25) is 0 Å². The Kier molecular flexibility index (Phi) is 4.74. The number of nitrogens with two attached hydrogens (primary N) is 1. The lowest BCUT2D eigenvalue weighted by Crippen LogP contribution is -2.52. The van der Waals surface area contributed by atoms with Crippen LogP contribution in [-0.4, -0.2) is 51.3 Å². The van der Waals surface area contributed by atoms with Gasteiger partial charge in [0.05, 0.1) is 18.5 Å². The number of aromatic nitrogens is 3. The van der Waals surface area contributed by atoms with Gasteiger partial charge in [0.25, 0.3) is 0 Å². The molecule has 1 aromatic carbocycles. The monoisotopic (exact) mass is 451 g/mol. The topological polar surface area (TPSA) is 95.5 Å². The van der Waals surface area contributed by atoms with Gasteiger partial charge in [-0.2, -0.15) is 0 Å². The van der Waals surface area contributed by atoms with E-state index in [9.17, 15) is 4.79 Å². The van der Waals surface area contributed by atoms with Crippen molar-refractivity contribution >= 4 is 44.4 Å². The standard InChI is InChI=1S/C23H25N5O3S/c1-23(2,3)31-22(29)27-9-14(10-27)28-11-16(19-20(24)25-12-26-21(19)28)18-7-13-5-6-15(30-4)8-17(13)32-18/h5-8,11-12,14H,9-10H2,1-4H3,(H2,24,25,26). The summed E-state index contributed by atoms with van der Waals surface area (Å²) in [6.45, 7) is 6.73. The van der Waals surface area contributed by atoms with Gasteiger partial charge >= 0.3 is 6.09 Å². The second kappa shape index (κ2) is 7.37. The van der Waals surface area contributed by atoms with Crippen LogP contribution in [-0.2, 0) is 4.74 Å². The third-order valence-corrected chi connectivity index (χ3v) is 6.67. The van der Waals surface area contributed by atoms with Crippen molar-refractivity contribution in [2.24, 2.45) is 0 Å². The predicted octanol–water partition coefficient (Wildman–Crippen LogP) is 4.70. The minimum atomic E-state index is -0.513. The van der Waals surface area contributed by atoms with Crippen LogP contribution < -0.4 is 10.5 Å². The zero-order valence-corrected chi connectivity index (χ0v) is 19.3. The number of benzene rings is 1. The van der Waals surface area contributed by atoms with E-state index in [0.717, 1.165) is 37.3 Å². The molecule has 5 rings (SSSR count). The number of hydrogen-bond donors (Lipinski definition) is 1. The number of nitrogen functional groups attached to an aromatic ring is 1. The molecule has 0 atom stereocenters. The van der Waals surface area contributed by atoms with E-state index in [0.29, 0.717) is 18.9 Å². The number of rotatable bonds is 3. The van der Waals surface area contributed by atoms with Gasteiger partial charge in [-0.15, -0.1) is 11.3 Å². The lowest BCUT2D eigenvalue weighted by Gasteiger charge is -2.40. The quantitative estimate of drug-likeness (QED) is 0.485. The van der Waals surface area contributed by atoms with E-state index in [-0.39, 0.29) is 12.1 Å². The summed E-state index contributed by atoms with van der Waals surface area (Å²) < 4.78 is 14.1. The molecule has 9 heteroatoms. The van der Waals surface area contributed by atoms with Crippen LogP contribution in [0.1, 0.15) is 26.8 Å². The predicted molar refractivity (Wildman–Crippen MR) is 126 cm³/mol. The molecule has 32 heavy (non-hydrogen) atoms. The van der Waals surface area contributed by atoms with Crippen LogP contribution in [0.5, 0.6) is 5.75 Å². The lowest BCUT2D eigenvalue weighted by atomic mass is 10.1. The second-order valence-electron chi connectivity index (χ2n) is 8.96. The molecular weight excluding hydrogens is 426 g/mol.